The van der Waals surface area contributed by atoms with Crippen molar-refractivity contribution in [2.45, 2.75) is 46.0 Å². The molecule has 3 heteroatoms. The van der Waals surface area contributed by atoms with Gasteiger partial charge < -0.3 is 9.52 Å². The predicted octanol–water partition coefficient (Wildman–Crippen LogP) is 4.55. The van der Waals surface area contributed by atoms with Crippen molar-refractivity contribution in [1.29, 1.82) is 0 Å². The molecule has 0 atom stereocenters. The second-order valence-corrected chi connectivity index (χ2v) is 6.27. The fraction of sp³-hybridized carbons (Fsp3) is 0.438. The first-order valence-electron chi connectivity index (χ1n) is 6.52. The molecule has 1 heterocycles. The highest BCUT2D eigenvalue weighted by atomic mass is 16.4. The summed E-state index contributed by atoms with van der Waals surface area (Å²) in [5, 5.41) is 10.2. The van der Waals surface area contributed by atoms with E-state index in [1.807, 2.05) is 26.0 Å². The van der Waals surface area contributed by atoms with Crippen LogP contribution in [0, 0.1) is 0 Å². The van der Waals surface area contributed by atoms with E-state index in [0.717, 1.165) is 10.9 Å². The molecule has 0 saturated heterocycles. The molecule has 0 unspecified atom stereocenters. The van der Waals surface area contributed by atoms with Crippen LogP contribution in [-0.4, -0.2) is 11.1 Å². The number of furan rings is 1. The molecule has 2 rings (SSSR count). The molecule has 1 aromatic carbocycles. The van der Waals surface area contributed by atoms with Crippen LogP contribution in [-0.2, 0) is 5.41 Å². The van der Waals surface area contributed by atoms with Gasteiger partial charge in [0.25, 0.3) is 0 Å². The Morgan fingerprint density at radius 3 is 2.37 bits per heavy atom. The number of hydrogen-bond donors (Lipinski definition) is 1. The van der Waals surface area contributed by atoms with Crippen molar-refractivity contribution >= 4 is 16.9 Å². The van der Waals surface area contributed by atoms with Crippen LogP contribution in [0.4, 0.5) is 0 Å². The van der Waals surface area contributed by atoms with Gasteiger partial charge in [0, 0.05) is 10.9 Å². The van der Waals surface area contributed by atoms with E-state index >= 15 is 0 Å². The molecule has 0 bridgehead atoms. The molecule has 1 aromatic heterocycles. The summed E-state index contributed by atoms with van der Waals surface area (Å²) in [7, 11) is 0. The van der Waals surface area contributed by atoms with Gasteiger partial charge in [0.05, 0.1) is 0 Å². The molecule has 19 heavy (non-hydrogen) atoms. The van der Waals surface area contributed by atoms with Crippen molar-refractivity contribution < 1.29 is 14.3 Å². The topological polar surface area (TPSA) is 50.4 Å². The second kappa shape index (κ2) is 4.41. The Bertz CT molecular complexity index is 627. The standard InChI is InChI=1S/C16H20O3/c1-9(2)13-11-8-10(16(3,4)5)6-7-12(11)19-14(13)15(17)18/h6-9H,1-5H3,(H,17,18). The maximum absolute atomic E-state index is 11.3. The summed E-state index contributed by atoms with van der Waals surface area (Å²) < 4.78 is 5.49. The Morgan fingerprint density at radius 2 is 1.89 bits per heavy atom. The van der Waals surface area contributed by atoms with Gasteiger partial charge >= 0.3 is 5.97 Å². The maximum Gasteiger partial charge on any atom is 0.372 e. The van der Waals surface area contributed by atoms with Gasteiger partial charge in [0.2, 0.25) is 5.76 Å². The maximum atomic E-state index is 11.3. The minimum Gasteiger partial charge on any atom is -0.475 e. The third kappa shape index (κ3) is 2.37. The lowest BCUT2D eigenvalue weighted by Crippen LogP contribution is -2.10. The van der Waals surface area contributed by atoms with Crippen molar-refractivity contribution in [2.24, 2.45) is 0 Å². The zero-order chi connectivity index (χ0) is 14.4. The lowest BCUT2D eigenvalue weighted by atomic mass is 9.85. The average Bonchev–Trinajstić information content (AvgIpc) is 2.65. The fourth-order valence-electron chi connectivity index (χ4n) is 2.32. The monoisotopic (exact) mass is 260 g/mol. The highest BCUT2D eigenvalue weighted by molar-refractivity contribution is 5.95. The van der Waals surface area contributed by atoms with Crippen molar-refractivity contribution in [3.8, 4) is 0 Å². The molecule has 102 valence electrons. The molecule has 3 nitrogen and oxygen atoms in total. The van der Waals surface area contributed by atoms with Crippen LogP contribution in [0.3, 0.4) is 0 Å². The van der Waals surface area contributed by atoms with Crippen LogP contribution in [0.5, 0.6) is 0 Å². The van der Waals surface area contributed by atoms with Crippen LogP contribution in [0.15, 0.2) is 22.6 Å². The first kappa shape index (κ1) is 13.7. The number of carboxylic acid groups (broad SMARTS) is 1. The number of carboxylic acids is 1. The molecule has 2 aromatic rings. The average molecular weight is 260 g/mol. The van der Waals surface area contributed by atoms with Gasteiger partial charge in [0.15, 0.2) is 0 Å². The summed E-state index contributed by atoms with van der Waals surface area (Å²) in [5.41, 5.74) is 2.64. The number of fused-ring (bicyclic) bond motifs is 1. The van der Waals surface area contributed by atoms with Gasteiger partial charge in [-0.15, -0.1) is 0 Å². The molecule has 0 amide bonds. The van der Waals surface area contributed by atoms with Crippen LogP contribution in [0.25, 0.3) is 11.0 Å². The molecule has 0 fully saturated rings. The van der Waals surface area contributed by atoms with Crippen molar-refractivity contribution in [3.05, 3.63) is 35.1 Å². The summed E-state index contributed by atoms with van der Waals surface area (Å²) in [6.07, 6.45) is 0. The van der Waals surface area contributed by atoms with Crippen molar-refractivity contribution in [1.82, 2.24) is 0 Å². The molecule has 0 aliphatic rings. The number of carbonyl (C=O) groups is 1. The first-order valence-corrected chi connectivity index (χ1v) is 6.52. The molecular weight excluding hydrogens is 240 g/mol. The fourth-order valence-corrected chi connectivity index (χ4v) is 2.32. The second-order valence-electron chi connectivity index (χ2n) is 6.27. The zero-order valence-corrected chi connectivity index (χ0v) is 12.1. The normalized spacial score (nSPS) is 12.3. The number of benzene rings is 1. The minimum atomic E-state index is -1.00. The van der Waals surface area contributed by atoms with Crippen LogP contribution in [0.2, 0.25) is 0 Å². The van der Waals surface area contributed by atoms with E-state index in [4.69, 9.17) is 4.42 Å². The van der Waals surface area contributed by atoms with E-state index in [9.17, 15) is 9.90 Å². The van der Waals surface area contributed by atoms with Crippen molar-refractivity contribution in [2.75, 3.05) is 0 Å². The molecule has 1 N–H and O–H groups in total. The van der Waals surface area contributed by atoms with Gasteiger partial charge in [-0.2, -0.15) is 0 Å². The predicted molar refractivity (Wildman–Crippen MR) is 76.0 cm³/mol. The van der Waals surface area contributed by atoms with Gasteiger partial charge in [-0.25, -0.2) is 4.79 Å². The quantitative estimate of drug-likeness (QED) is 0.861. The molecular formula is C16H20O3. The van der Waals surface area contributed by atoms with Gasteiger partial charge in [0.1, 0.15) is 5.58 Å². The molecule has 0 aliphatic heterocycles. The molecule has 0 spiro atoms. The Balaban J connectivity index is 2.77. The third-order valence-corrected chi connectivity index (χ3v) is 3.36. The van der Waals surface area contributed by atoms with Gasteiger partial charge in [-0.1, -0.05) is 40.7 Å². The zero-order valence-electron chi connectivity index (χ0n) is 12.1. The number of hydrogen-bond acceptors (Lipinski definition) is 2. The summed E-state index contributed by atoms with van der Waals surface area (Å²) in [6.45, 7) is 10.4. The summed E-state index contributed by atoms with van der Waals surface area (Å²) >= 11 is 0. The van der Waals surface area contributed by atoms with Crippen LogP contribution >= 0.6 is 0 Å². The molecule has 0 aliphatic carbocycles. The largest absolute Gasteiger partial charge is 0.475 e. The SMILES string of the molecule is CC(C)c1c(C(=O)O)oc2ccc(C(C)(C)C)cc12. The van der Waals surface area contributed by atoms with Crippen molar-refractivity contribution in [3.63, 3.8) is 0 Å². The lowest BCUT2D eigenvalue weighted by molar-refractivity contribution is 0.0663. The third-order valence-electron chi connectivity index (χ3n) is 3.36. The van der Waals surface area contributed by atoms with Gasteiger partial charge in [-0.05, 0) is 29.0 Å². The van der Waals surface area contributed by atoms with Gasteiger partial charge in [-0.3, -0.25) is 0 Å². The smallest absolute Gasteiger partial charge is 0.372 e. The van der Waals surface area contributed by atoms with Crippen LogP contribution < -0.4 is 0 Å². The highest BCUT2D eigenvalue weighted by Crippen LogP contribution is 2.35. The van der Waals surface area contributed by atoms with E-state index < -0.39 is 5.97 Å². The Hall–Kier alpha value is -1.77. The van der Waals surface area contributed by atoms with E-state index in [1.54, 1.807) is 0 Å². The Labute approximate surface area is 113 Å². The summed E-state index contributed by atoms with van der Waals surface area (Å²) in [4.78, 5) is 11.3. The summed E-state index contributed by atoms with van der Waals surface area (Å²) in [6, 6.07) is 5.93. The minimum absolute atomic E-state index is 0.0308. The van der Waals surface area contributed by atoms with Crippen LogP contribution in [0.1, 0.15) is 62.2 Å². The summed E-state index contributed by atoms with van der Waals surface area (Å²) in [5.74, 6) is -0.823. The highest BCUT2D eigenvalue weighted by Gasteiger charge is 2.23. The van der Waals surface area contributed by atoms with E-state index in [0.29, 0.717) is 5.58 Å². The Morgan fingerprint density at radius 1 is 1.26 bits per heavy atom. The first-order chi connectivity index (χ1) is 8.71. The van der Waals surface area contributed by atoms with E-state index in [-0.39, 0.29) is 17.1 Å². The number of aromatic carboxylic acids is 1. The number of rotatable bonds is 2. The van der Waals surface area contributed by atoms with E-state index in [1.165, 1.54) is 5.56 Å². The van der Waals surface area contributed by atoms with E-state index in [2.05, 4.69) is 26.8 Å². The Kier molecular flexibility index (Phi) is 3.17. The molecule has 0 saturated carbocycles. The lowest BCUT2D eigenvalue weighted by Gasteiger charge is -2.19. The molecule has 0 radical (unpaired) electrons.